The van der Waals surface area contributed by atoms with E-state index in [0.717, 1.165) is 25.8 Å². The van der Waals surface area contributed by atoms with Crippen molar-refractivity contribution < 1.29 is 4.79 Å². The number of hydrogen-bond donors (Lipinski definition) is 0. The van der Waals surface area contributed by atoms with E-state index in [1.807, 2.05) is 6.92 Å². The molecule has 0 aromatic rings. The molecular formula is C12H20N2O. The fourth-order valence-electron chi connectivity index (χ4n) is 2.46. The molecule has 0 aromatic carbocycles. The molecule has 0 aliphatic carbocycles. The van der Waals surface area contributed by atoms with E-state index in [0.29, 0.717) is 6.42 Å². The van der Waals surface area contributed by atoms with E-state index in [-0.39, 0.29) is 17.4 Å². The molecule has 1 unspecified atom stereocenters. The molecule has 1 aliphatic rings. The van der Waals surface area contributed by atoms with Crippen LogP contribution in [0.15, 0.2) is 0 Å². The summed E-state index contributed by atoms with van der Waals surface area (Å²) in [4.78, 5) is 13.6. The van der Waals surface area contributed by atoms with Crippen molar-refractivity contribution in [1.29, 1.82) is 5.26 Å². The van der Waals surface area contributed by atoms with Crippen LogP contribution in [-0.2, 0) is 4.79 Å². The normalized spacial score (nSPS) is 27.9. The summed E-state index contributed by atoms with van der Waals surface area (Å²) in [5.74, 6) is 0.152. The van der Waals surface area contributed by atoms with Crippen molar-refractivity contribution in [2.24, 2.45) is 5.41 Å². The molecule has 3 heteroatoms. The Kier molecular flexibility index (Phi) is 3.73. The van der Waals surface area contributed by atoms with Gasteiger partial charge in [0.2, 0.25) is 5.91 Å². The van der Waals surface area contributed by atoms with Crippen molar-refractivity contribution in [3.63, 3.8) is 0 Å². The molecule has 0 bridgehead atoms. The summed E-state index contributed by atoms with van der Waals surface area (Å²) < 4.78 is 0. The highest BCUT2D eigenvalue weighted by Crippen LogP contribution is 2.36. The third-order valence-electron chi connectivity index (χ3n) is 3.22. The number of likely N-dealkylation sites (tertiary alicyclic amines) is 1. The summed E-state index contributed by atoms with van der Waals surface area (Å²) in [7, 11) is 0. The second-order valence-corrected chi connectivity index (χ2v) is 4.81. The van der Waals surface area contributed by atoms with Gasteiger partial charge in [0.05, 0.1) is 6.07 Å². The minimum absolute atomic E-state index is 0.0934. The molecule has 0 saturated carbocycles. The van der Waals surface area contributed by atoms with Crippen LogP contribution in [0.2, 0.25) is 0 Å². The van der Waals surface area contributed by atoms with E-state index in [4.69, 9.17) is 5.26 Å². The first kappa shape index (κ1) is 12.0. The van der Waals surface area contributed by atoms with Crippen LogP contribution in [0.4, 0.5) is 0 Å². The molecule has 2 atom stereocenters. The number of nitrogens with zero attached hydrogens (tertiary/aromatic N) is 2. The van der Waals surface area contributed by atoms with Crippen LogP contribution in [-0.4, -0.2) is 23.4 Å². The van der Waals surface area contributed by atoms with Gasteiger partial charge in [-0.2, -0.15) is 5.26 Å². The standard InChI is InChI=1S/C12H20N2O/c1-4-6-12(3)7-11(15)14(9-12)10(5-2)8-13/h10H,4-7,9H2,1-3H3/t10?,12-/m1/s1. The molecule has 0 aromatic heterocycles. The number of rotatable bonds is 4. The molecule has 0 N–H and O–H groups in total. The van der Waals surface area contributed by atoms with Crippen molar-refractivity contribution in [2.75, 3.05) is 6.54 Å². The van der Waals surface area contributed by atoms with Crippen molar-refractivity contribution in [2.45, 2.75) is 52.5 Å². The molecule has 15 heavy (non-hydrogen) atoms. The van der Waals surface area contributed by atoms with Crippen molar-refractivity contribution in [1.82, 2.24) is 4.90 Å². The number of nitriles is 1. The molecule has 1 fully saturated rings. The molecule has 1 rings (SSSR count). The molecule has 1 saturated heterocycles. The van der Waals surface area contributed by atoms with Crippen LogP contribution in [0.1, 0.15) is 46.5 Å². The van der Waals surface area contributed by atoms with Crippen LogP contribution in [0, 0.1) is 16.7 Å². The third kappa shape index (κ3) is 2.50. The largest absolute Gasteiger partial charge is 0.326 e. The predicted octanol–water partition coefficient (Wildman–Crippen LogP) is 2.33. The fourth-order valence-corrected chi connectivity index (χ4v) is 2.46. The lowest BCUT2D eigenvalue weighted by Crippen LogP contribution is -2.36. The average molecular weight is 208 g/mol. The molecule has 0 spiro atoms. The van der Waals surface area contributed by atoms with Gasteiger partial charge in [-0.25, -0.2) is 0 Å². The zero-order valence-electron chi connectivity index (χ0n) is 9.92. The van der Waals surface area contributed by atoms with Crippen molar-refractivity contribution >= 4 is 5.91 Å². The second-order valence-electron chi connectivity index (χ2n) is 4.81. The summed E-state index contributed by atoms with van der Waals surface area (Å²) in [5.41, 5.74) is 0.0934. The Labute approximate surface area is 92.1 Å². The van der Waals surface area contributed by atoms with E-state index in [9.17, 15) is 4.79 Å². The minimum Gasteiger partial charge on any atom is -0.326 e. The van der Waals surface area contributed by atoms with Gasteiger partial charge in [-0.3, -0.25) is 4.79 Å². The Balaban J connectivity index is 2.72. The zero-order chi connectivity index (χ0) is 11.5. The lowest BCUT2D eigenvalue weighted by molar-refractivity contribution is -0.128. The summed E-state index contributed by atoms with van der Waals surface area (Å²) in [5, 5.41) is 8.96. The van der Waals surface area contributed by atoms with E-state index in [1.165, 1.54) is 0 Å². The SMILES string of the molecule is CCC[C@]1(C)CC(=O)N(C(C#N)CC)C1. The number of carbonyl (C=O) groups excluding carboxylic acids is 1. The van der Waals surface area contributed by atoms with Crippen molar-refractivity contribution in [3.05, 3.63) is 0 Å². The van der Waals surface area contributed by atoms with Gasteiger partial charge in [-0.1, -0.05) is 27.2 Å². The van der Waals surface area contributed by atoms with Crippen LogP contribution < -0.4 is 0 Å². The number of hydrogen-bond acceptors (Lipinski definition) is 2. The minimum atomic E-state index is -0.226. The van der Waals surface area contributed by atoms with Gasteiger partial charge in [0, 0.05) is 13.0 Å². The van der Waals surface area contributed by atoms with E-state index < -0.39 is 0 Å². The van der Waals surface area contributed by atoms with E-state index >= 15 is 0 Å². The van der Waals surface area contributed by atoms with Crippen LogP contribution in [0.5, 0.6) is 0 Å². The summed E-state index contributed by atoms with van der Waals surface area (Å²) >= 11 is 0. The lowest BCUT2D eigenvalue weighted by Gasteiger charge is -2.25. The number of carbonyl (C=O) groups is 1. The summed E-state index contributed by atoms with van der Waals surface area (Å²) in [6.45, 7) is 7.00. The molecule has 3 nitrogen and oxygen atoms in total. The maximum atomic E-state index is 11.8. The Bertz CT molecular complexity index is 282. The monoisotopic (exact) mass is 208 g/mol. The first-order valence-corrected chi connectivity index (χ1v) is 5.75. The fraction of sp³-hybridized carbons (Fsp3) is 0.833. The number of amides is 1. The smallest absolute Gasteiger partial charge is 0.224 e. The van der Waals surface area contributed by atoms with Gasteiger partial charge >= 0.3 is 0 Å². The van der Waals surface area contributed by atoms with E-state index in [1.54, 1.807) is 4.90 Å². The summed E-state index contributed by atoms with van der Waals surface area (Å²) in [6.07, 6.45) is 3.50. The highest BCUT2D eigenvalue weighted by atomic mass is 16.2. The maximum absolute atomic E-state index is 11.8. The highest BCUT2D eigenvalue weighted by Gasteiger charge is 2.41. The molecule has 84 valence electrons. The Morgan fingerprint density at radius 2 is 2.27 bits per heavy atom. The van der Waals surface area contributed by atoms with Gasteiger partial charge in [-0.15, -0.1) is 0 Å². The van der Waals surface area contributed by atoms with E-state index in [2.05, 4.69) is 19.9 Å². The quantitative estimate of drug-likeness (QED) is 0.711. The Hall–Kier alpha value is -1.04. The highest BCUT2D eigenvalue weighted by molar-refractivity contribution is 5.80. The van der Waals surface area contributed by atoms with Gasteiger partial charge in [0.1, 0.15) is 6.04 Å². The molecule has 1 aliphatic heterocycles. The van der Waals surface area contributed by atoms with Gasteiger partial charge < -0.3 is 4.90 Å². The molecule has 1 heterocycles. The topological polar surface area (TPSA) is 44.1 Å². The van der Waals surface area contributed by atoms with Gasteiger partial charge in [0.25, 0.3) is 0 Å². The molecule has 1 amide bonds. The van der Waals surface area contributed by atoms with Crippen molar-refractivity contribution in [3.8, 4) is 6.07 Å². The third-order valence-corrected chi connectivity index (χ3v) is 3.22. The van der Waals surface area contributed by atoms with Gasteiger partial charge in [0.15, 0.2) is 0 Å². The first-order chi connectivity index (χ1) is 7.06. The molecular weight excluding hydrogens is 188 g/mol. The summed E-state index contributed by atoms with van der Waals surface area (Å²) in [6, 6.07) is 1.98. The maximum Gasteiger partial charge on any atom is 0.224 e. The zero-order valence-corrected chi connectivity index (χ0v) is 9.92. The Morgan fingerprint density at radius 3 is 2.73 bits per heavy atom. The van der Waals surface area contributed by atoms with Crippen LogP contribution >= 0.6 is 0 Å². The lowest BCUT2D eigenvalue weighted by atomic mass is 9.85. The predicted molar refractivity (Wildman–Crippen MR) is 59.0 cm³/mol. The van der Waals surface area contributed by atoms with Crippen LogP contribution in [0.25, 0.3) is 0 Å². The Morgan fingerprint density at radius 1 is 1.60 bits per heavy atom. The molecule has 0 radical (unpaired) electrons. The first-order valence-electron chi connectivity index (χ1n) is 5.75. The van der Waals surface area contributed by atoms with Crippen LogP contribution in [0.3, 0.4) is 0 Å². The average Bonchev–Trinajstić information content (AvgIpc) is 2.45. The second kappa shape index (κ2) is 4.65. The van der Waals surface area contributed by atoms with Gasteiger partial charge in [-0.05, 0) is 18.3 Å².